The first-order valence-electron chi connectivity index (χ1n) is 7.12. The molecule has 1 aliphatic heterocycles. The lowest BCUT2D eigenvalue weighted by molar-refractivity contribution is -0.115. The van der Waals surface area contributed by atoms with Gasteiger partial charge in [-0.2, -0.15) is 0 Å². The molecule has 1 amide bonds. The third kappa shape index (κ3) is 3.98. The van der Waals surface area contributed by atoms with E-state index in [2.05, 4.69) is 10.6 Å². The highest BCUT2D eigenvalue weighted by Gasteiger charge is 2.10. The maximum Gasteiger partial charge on any atom is 0.228 e. The Morgan fingerprint density at radius 2 is 2.09 bits per heavy atom. The molecule has 0 saturated heterocycles. The van der Waals surface area contributed by atoms with Gasteiger partial charge in [0.25, 0.3) is 0 Å². The van der Waals surface area contributed by atoms with Gasteiger partial charge in [0.05, 0.1) is 6.42 Å². The van der Waals surface area contributed by atoms with Crippen molar-refractivity contribution in [3.63, 3.8) is 0 Å². The van der Waals surface area contributed by atoms with Crippen molar-refractivity contribution in [2.75, 3.05) is 17.2 Å². The Morgan fingerprint density at radius 1 is 1.23 bits per heavy atom. The lowest BCUT2D eigenvalue weighted by Gasteiger charge is -2.18. The molecule has 2 aromatic carbocycles. The molecule has 0 spiro atoms. The summed E-state index contributed by atoms with van der Waals surface area (Å²) >= 11 is 0. The minimum Gasteiger partial charge on any atom is -0.385 e. The smallest absolute Gasteiger partial charge is 0.228 e. The van der Waals surface area contributed by atoms with Crippen molar-refractivity contribution < 1.29 is 9.18 Å². The molecule has 0 aliphatic carbocycles. The van der Waals surface area contributed by atoms with E-state index in [1.54, 1.807) is 12.1 Å². The molecule has 3 nitrogen and oxygen atoms in total. The first kappa shape index (κ1) is 16.3. The van der Waals surface area contributed by atoms with E-state index in [0.29, 0.717) is 5.56 Å². The van der Waals surface area contributed by atoms with Gasteiger partial charge in [-0.1, -0.05) is 18.2 Å². The van der Waals surface area contributed by atoms with Crippen LogP contribution in [0.4, 0.5) is 15.8 Å². The van der Waals surface area contributed by atoms with Crippen LogP contribution in [0.25, 0.3) is 0 Å². The number of aryl methyl sites for hydroxylation is 1. The Bertz CT molecular complexity index is 675. The summed E-state index contributed by atoms with van der Waals surface area (Å²) in [6.45, 7) is 0.966. The predicted molar refractivity (Wildman–Crippen MR) is 89.2 cm³/mol. The Labute approximate surface area is 135 Å². The van der Waals surface area contributed by atoms with Gasteiger partial charge in [-0.3, -0.25) is 4.79 Å². The molecule has 0 saturated carbocycles. The molecule has 1 aliphatic rings. The zero-order valence-electron chi connectivity index (χ0n) is 12.1. The van der Waals surface area contributed by atoms with Crippen molar-refractivity contribution in [1.82, 2.24) is 0 Å². The standard InChI is InChI=1S/C17H17FN2O.ClH/c18-14-5-1-3-12(9-14)10-17(21)20-15-7-6-13-4-2-8-19-16(13)11-15;/h1,3,5-7,9,11,19H,2,4,8,10H2,(H,20,21);1H. The van der Waals surface area contributed by atoms with Gasteiger partial charge in [0.2, 0.25) is 5.91 Å². The second-order valence-electron chi connectivity index (χ2n) is 5.26. The number of hydrogen-bond donors (Lipinski definition) is 2. The van der Waals surface area contributed by atoms with Gasteiger partial charge in [0.15, 0.2) is 0 Å². The molecule has 116 valence electrons. The van der Waals surface area contributed by atoms with Crippen LogP contribution in [0.5, 0.6) is 0 Å². The number of anilines is 2. The van der Waals surface area contributed by atoms with Crippen LogP contribution in [0.1, 0.15) is 17.5 Å². The van der Waals surface area contributed by atoms with Gasteiger partial charge >= 0.3 is 0 Å². The summed E-state index contributed by atoms with van der Waals surface area (Å²) in [7, 11) is 0. The summed E-state index contributed by atoms with van der Waals surface area (Å²) in [5.74, 6) is -0.463. The van der Waals surface area contributed by atoms with Crippen LogP contribution in [-0.2, 0) is 17.6 Å². The molecule has 22 heavy (non-hydrogen) atoms. The summed E-state index contributed by atoms with van der Waals surface area (Å²) in [6, 6.07) is 12.0. The lowest BCUT2D eigenvalue weighted by atomic mass is 10.0. The summed E-state index contributed by atoms with van der Waals surface area (Å²) in [5, 5.41) is 6.19. The maximum atomic E-state index is 13.1. The molecule has 0 fully saturated rings. The van der Waals surface area contributed by atoms with Gasteiger partial charge in [0.1, 0.15) is 5.82 Å². The van der Waals surface area contributed by atoms with Gasteiger partial charge in [0, 0.05) is 17.9 Å². The van der Waals surface area contributed by atoms with Crippen molar-refractivity contribution in [2.24, 2.45) is 0 Å². The van der Waals surface area contributed by atoms with E-state index in [-0.39, 0.29) is 30.6 Å². The molecular weight excluding hydrogens is 303 g/mol. The predicted octanol–water partition coefficient (Wildman–Crippen LogP) is 3.79. The van der Waals surface area contributed by atoms with Gasteiger partial charge < -0.3 is 10.6 Å². The monoisotopic (exact) mass is 320 g/mol. The van der Waals surface area contributed by atoms with E-state index in [1.165, 1.54) is 17.7 Å². The second kappa shape index (κ2) is 7.27. The van der Waals surface area contributed by atoms with E-state index in [0.717, 1.165) is 30.8 Å². The van der Waals surface area contributed by atoms with Crippen molar-refractivity contribution in [1.29, 1.82) is 0 Å². The molecule has 0 unspecified atom stereocenters. The number of carbonyl (C=O) groups excluding carboxylic acids is 1. The van der Waals surface area contributed by atoms with Gasteiger partial charge in [-0.15, -0.1) is 12.4 Å². The topological polar surface area (TPSA) is 41.1 Å². The molecule has 1 heterocycles. The first-order valence-corrected chi connectivity index (χ1v) is 7.12. The summed E-state index contributed by atoms with van der Waals surface area (Å²) in [6.07, 6.45) is 2.38. The molecule has 0 bridgehead atoms. The largest absolute Gasteiger partial charge is 0.385 e. The molecule has 2 aromatic rings. The highest BCUT2D eigenvalue weighted by molar-refractivity contribution is 5.92. The number of carbonyl (C=O) groups is 1. The number of rotatable bonds is 3. The van der Waals surface area contributed by atoms with Crippen molar-refractivity contribution >= 4 is 29.7 Å². The number of benzene rings is 2. The van der Waals surface area contributed by atoms with Crippen LogP contribution < -0.4 is 10.6 Å². The minimum absolute atomic E-state index is 0. The van der Waals surface area contributed by atoms with Gasteiger partial charge in [-0.25, -0.2) is 4.39 Å². The summed E-state index contributed by atoms with van der Waals surface area (Å²) < 4.78 is 13.1. The highest BCUT2D eigenvalue weighted by atomic mass is 35.5. The van der Waals surface area contributed by atoms with Crippen LogP contribution in [0.15, 0.2) is 42.5 Å². The Morgan fingerprint density at radius 3 is 2.91 bits per heavy atom. The van der Waals surface area contributed by atoms with E-state index in [1.807, 2.05) is 18.2 Å². The SMILES string of the molecule is Cl.O=C(Cc1cccc(F)c1)Nc1ccc2c(c1)NCCC2. The maximum absolute atomic E-state index is 13.1. The summed E-state index contributed by atoms with van der Waals surface area (Å²) in [5.41, 5.74) is 3.81. The fourth-order valence-electron chi connectivity index (χ4n) is 2.58. The Hall–Kier alpha value is -2.07. The zero-order valence-corrected chi connectivity index (χ0v) is 12.9. The first-order chi connectivity index (χ1) is 10.2. The molecule has 0 aromatic heterocycles. The van der Waals surface area contributed by atoms with Crippen LogP contribution >= 0.6 is 12.4 Å². The van der Waals surface area contributed by atoms with Crippen LogP contribution in [0, 0.1) is 5.82 Å². The highest BCUT2D eigenvalue weighted by Crippen LogP contribution is 2.25. The van der Waals surface area contributed by atoms with E-state index in [9.17, 15) is 9.18 Å². The van der Waals surface area contributed by atoms with Gasteiger partial charge in [-0.05, 0) is 48.2 Å². The quantitative estimate of drug-likeness (QED) is 0.903. The molecule has 3 rings (SSSR count). The van der Waals surface area contributed by atoms with Crippen molar-refractivity contribution in [3.8, 4) is 0 Å². The Kier molecular flexibility index (Phi) is 5.39. The van der Waals surface area contributed by atoms with Crippen LogP contribution in [0.3, 0.4) is 0 Å². The van der Waals surface area contributed by atoms with Crippen LogP contribution in [0.2, 0.25) is 0 Å². The Balaban J connectivity index is 0.00000176. The number of hydrogen-bond acceptors (Lipinski definition) is 2. The molecule has 5 heteroatoms. The van der Waals surface area contributed by atoms with E-state index in [4.69, 9.17) is 0 Å². The number of halogens is 2. The summed E-state index contributed by atoms with van der Waals surface area (Å²) in [4.78, 5) is 12.0. The third-order valence-corrected chi connectivity index (χ3v) is 3.59. The number of amides is 1. The number of fused-ring (bicyclic) bond motifs is 1. The fraction of sp³-hybridized carbons (Fsp3) is 0.235. The van der Waals surface area contributed by atoms with Crippen molar-refractivity contribution in [3.05, 3.63) is 59.4 Å². The van der Waals surface area contributed by atoms with E-state index < -0.39 is 0 Å². The number of nitrogens with one attached hydrogen (secondary N) is 2. The normalized spacial score (nSPS) is 12.6. The average Bonchev–Trinajstić information content (AvgIpc) is 2.47. The third-order valence-electron chi connectivity index (χ3n) is 3.59. The van der Waals surface area contributed by atoms with E-state index >= 15 is 0 Å². The van der Waals surface area contributed by atoms with Crippen molar-refractivity contribution in [2.45, 2.75) is 19.3 Å². The zero-order chi connectivity index (χ0) is 14.7. The van der Waals surface area contributed by atoms with Crippen LogP contribution in [-0.4, -0.2) is 12.5 Å². The lowest BCUT2D eigenvalue weighted by Crippen LogP contribution is -2.16. The molecule has 2 N–H and O–H groups in total. The second-order valence-corrected chi connectivity index (χ2v) is 5.26. The minimum atomic E-state index is -0.321. The fourth-order valence-corrected chi connectivity index (χ4v) is 2.58. The molecular formula is C17H18ClFN2O. The average molecular weight is 321 g/mol. The molecule has 0 radical (unpaired) electrons. The molecule has 0 atom stereocenters.